The highest BCUT2D eigenvalue weighted by Crippen LogP contribution is 2.33. The molecule has 26 heavy (non-hydrogen) atoms. The van der Waals surface area contributed by atoms with Crippen LogP contribution >= 0.6 is 0 Å². The summed E-state index contributed by atoms with van der Waals surface area (Å²) < 4.78 is 0. The molecule has 2 aromatic carbocycles. The van der Waals surface area contributed by atoms with E-state index in [-0.39, 0.29) is 5.56 Å². The molecule has 0 fully saturated rings. The van der Waals surface area contributed by atoms with Gasteiger partial charge < -0.3 is 15.3 Å². The molecular formula is C20H18N4O2. The van der Waals surface area contributed by atoms with Crippen LogP contribution in [0.5, 0.6) is 0 Å². The summed E-state index contributed by atoms with van der Waals surface area (Å²) in [5.41, 5.74) is 3.93. The van der Waals surface area contributed by atoms with E-state index in [4.69, 9.17) is 0 Å². The molecule has 6 nitrogen and oxygen atoms in total. The van der Waals surface area contributed by atoms with Crippen molar-refractivity contribution in [2.45, 2.75) is 13.3 Å². The SMILES string of the molecule is Cc1cc(Nc2ccccc2C(=O)O)nc(N2CCc3ccccc32)n1. The molecule has 3 aromatic rings. The summed E-state index contributed by atoms with van der Waals surface area (Å²) in [6.45, 7) is 2.73. The van der Waals surface area contributed by atoms with Gasteiger partial charge in [-0.15, -0.1) is 0 Å². The molecule has 0 radical (unpaired) electrons. The predicted octanol–water partition coefficient (Wildman–Crippen LogP) is 3.92. The van der Waals surface area contributed by atoms with Gasteiger partial charge in [0.05, 0.1) is 11.3 Å². The maximum atomic E-state index is 11.4. The molecule has 130 valence electrons. The molecule has 2 N–H and O–H groups in total. The summed E-state index contributed by atoms with van der Waals surface area (Å²) >= 11 is 0. The molecule has 6 heteroatoms. The van der Waals surface area contributed by atoms with Crippen LogP contribution < -0.4 is 10.2 Å². The molecule has 1 aromatic heterocycles. The number of anilines is 4. The first-order valence-corrected chi connectivity index (χ1v) is 8.42. The maximum absolute atomic E-state index is 11.4. The van der Waals surface area contributed by atoms with Gasteiger partial charge in [-0.2, -0.15) is 4.98 Å². The molecule has 0 saturated carbocycles. The lowest BCUT2D eigenvalue weighted by Gasteiger charge is -2.19. The number of hydrogen-bond donors (Lipinski definition) is 2. The average Bonchev–Trinajstić information content (AvgIpc) is 3.05. The van der Waals surface area contributed by atoms with Crippen LogP contribution in [0.1, 0.15) is 21.6 Å². The summed E-state index contributed by atoms with van der Waals surface area (Å²) in [7, 11) is 0. The number of para-hydroxylation sites is 2. The van der Waals surface area contributed by atoms with Crippen LogP contribution in [-0.2, 0) is 6.42 Å². The first-order chi connectivity index (χ1) is 12.6. The second kappa shape index (κ2) is 6.48. The Balaban J connectivity index is 1.69. The number of rotatable bonds is 4. The lowest BCUT2D eigenvalue weighted by atomic mass is 10.2. The Bertz CT molecular complexity index is 987. The molecule has 0 saturated heterocycles. The highest BCUT2D eigenvalue weighted by Gasteiger charge is 2.22. The van der Waals surface area contributed by atoms with E-state index in [1.165, 1.54) is 5.56 Å². The third-order valence-corrected chi connectivity index (χ3v) is 4.39. The second-order valence-corrected chi connectivity index (χ2v) is 6.20. The highest BCUT2D eigenvalue weighted by molar-refractivity contribution is 5.95. The molecule has 4 rings (SSSR count). The van der Waals surface area contributed by atoms with Crippen LogP contribution in [0.25, 0.3) is 0 Å². The fourth-order valence-corrected chi connectivity index (χ4v) is 3.20. The average molecular weight is 346 g/mol. The molecule has 0 aliphatic carbocycles. The molecular weight excluding hydrogens is 328 g/mol. The van der Waals surface area contributed by atoms with Gasteiger partial charge in [0, 0.05) is 24.0 Å². The van der Waals surface area contributed by atoms with E-state index in [0.717, 1.165) is 24.3 Å². The van der Waals surface area contributed by atoms with Gasteiger partial charge in [-0.1, -0.05) is 30.3 Å². The summed E-state index contributed by atoms with van der Waals surface area (Å²) in [6, 6.07) is 16.8. The van der Waals surface area contributed by atoms with Crippen molar-refractivity contribution in [1.29, 1.82) is 0 Å². The summed E-state index contributed by atoms with van der Waals surface area (Å²) in [5, 5.41) is 12.5. The minimum Gasteiger partial charge on any atom is -0.478 e. The van der Waals surface area contributed by atoms with Crippen molar-refractivity contribution in [2.24, 2.45) is 0 Å². The molecule has 0 bridgehead atoms. The standard InChI is InChI=1S/C20H18N4O2/c1-13-12-18(22-16-8-4-3-7-15(16)19(25)26)23-20(21-13)24-11-10-14-6-2-5-9-17(14)24/h2-9,12H,10-11H2,1H3,(H,25,26)(H,21,22,23). The zero-order valence-electron chi connectivity index (χ0n) is 14.3. The number of aromatic nitrogens is 2. The van der Waals surface area contributed by atoms with Gasteiger partial charge >= 0.3 is 5.97 Å². The van der Waals surface area contributed by atoms with E-state index in [0.29, 0.717) is 17.5 Å². The van der Waals surface area contributed by atoms with Crippen LogP contribution in [-0.4, -0.2) is 27.6 Å². The fraction of sp³-hybridized carbons (Fsp3) is 0.150. The quantitative estimate of drug-likeness (QED) is 0.745. The van der Waals surface area contributed by atoms with Crippen LogP contribution in [0.15, 0.2) is 54.6 Å². The smallest absolute Gasteiger partial charge is 0.337 e. The number of nitrogens with zero attached hydrogens (tertiary/aromatic N) is 3. The Labute approximate surface area is 151 Å². The van der Waals surface area contributed by atoms with E-state index in [9.17, 15) is 9.90 Å². The number of carboxylic acid groups (broad SMARTS) is 1. The largest absolute Gasteiger partial charge is 0.478 e. The first kappa shape index (κ1) is 16.1. The zero-order chi connectivity index (χ0) is 18.1. The number of hydrogen-bond acceptors (Lipinski definition) is 5. The van der Waals surface area contributed by atoms with E-state index < -0.39 is 5.97 Å². The van der Waals surface area contributed by atoms with Crippen LogP contribution in [0, 0.1) is 6.92 Å². The molecule has 1 aliphatic rings. The van der Waals surface area contributed by atoms with Crippen molar-refractivity contribution in [3.8, 4) is 0 Å². The van der Waals surface area contributed by atoms with Gasteiger partial charge in [0.1, 0.15) is 5.82 Å². The molecule has 0 spiro atoms. The number of fused-ring (bicyclic) bond motifs is 1. The van der Waals surface area contributed by atoms with Crippen molar-refractivity contribution < 1.29 is 9.90 Å². The number of nitrogens with one attached hydrogen (secondary N) is 1. The molecule has 0 unspecified atom stereocenters. The van der Waals surface area contributed by atoms with Gasteiger partial charge in [-0.3, -0.25) is 0 Å². The van der Waals surface area contributed by atoms with E-state index >= 15 is 0 Å². The number of benzene rings is 2. The normalized spacial score (nSPS) is 12.7. The Morgan fingerprint density at radius 3 is 2.73 bits per heavy atom. The van der Waals surface area contributed by atoms with E-state index in [1.54, 1.807) is 24.3 Å². The van der Waals surface area contributed by atoms with Gasteiger partial charge in [0.2, 0.25) is 5.95 Å². The van der Waals surface area contributed by atoms with Gasteiger partial charge in [0.25, 0.3) is 0 Å². The van der Waals surface area contributed by atoms with Crippen LogP contribution in [0.4, 0.5) is 23.1 Å². The molecule has 2 heterocycles. The maximum Gasteiger partial charge on any atom is 0.337 e. The van der Waals surface area contributed by atoms with Crippen LogP contribution in [0.2, 0.25) is 0 Å². The highest BCUT2D eigenvalue weighted by atomic mass is 16.4. The number of carboxylic acids is 1. The van der Waals surface area contributed by atoms with Gasteiger partial charge in [0.15, 0.2) is 0 Å². The lowest BCUT2D eigenvalue weighted by Crippen LogP contribution is -2.17. The second-order valence-electron chi connectivity index (χ2n) is 6.20. The van der Waals surface area contributed by atoms with Crippen molar-refractivity contribution in [1.82, 2.24) is 9.97 Å². The number of aryl methyl sites for hydroxylation is 1. The monoisotopic (exact) mass is 346 g/mol. The zero-order valence-corrected chi connectivity index (χ0v) is 14.3. The first-order valence-electron chi connectivity index (χ1n) is 8.42. The Kier molecular flexibility index (Phi) is 4.01. The fourth-order valence-electron chi connectivity index (χ4n) is 3.20. The van der Waals surface area contributed by atoms with Crippen molar-refractivity contribution in [3.05, 3.63) is 71.4 Å². The summed E-state index contributed by atoms with van der Waals surface area (Å²) in [5.74, 6) is 0.211. The predicted molar refractivity (Wildman–Crippen MR) is 101 cm³/mol. The lowest BCUT2D eigenvalue weighted by molar-refractivity contribution is 0.0698. The third kappa shape index (κ3) is 2.97. The Hall–Kier alpha value is -3.41. The number of aromatic carboxylic acids is 1. The van der Waals surface area contributed by atoms with E-state index in [2.05, 4.69) is 32.3 Å². The Morgan fingerprint density at radius 1 is 1.12 bits per heavy atom. The minimum atomic E-state index is -0.979. The van der Waals surface area contributed by atoms with Gasteiger partial charge in [-0.05, 0) is 37.1 Å². The van der Waals surface area contributed by atoms with Crippen molar-refractivity contribution in [2.75, 3.05) is 16.8 Å². The third-order valence-electron chi connectivity index (χ3n) is 4.39. The van der Waals surface area contributed by atoms with Gasteiger partial charge in [-0.25, -0.2) is 9.78 Å². The minimum absolute atomic E-state index is 0.205. The topological polar surface area (TPSA) is 78.3 Å². The summed E-state index contributed by atoms with van der Waals surface area (Å²) in [4.78, 5) is 22.7. The van der Waals surface area contributed by atoms with Crippen molar-refractivity contribution in [3.63, 3.8) is 0 Å². The van der Waals surface area contributed by atoms with E-state index in [1.807, 2.05) is 25.1 Å². The van der Waals surface area contributed by atoms with Crippen LogP contribution in [0.3, 0.4) is 0 Å². The molecule has 0 atom stereocenters. The molecule has 1 aliphatic heterocycles. The van der Waals surface area contributed by atoms with Crippen molar-refractivity contribution >= 4 is 29.1 Å². The summed E-state index contributed by atoms with van der Waals surface area (Å²) in [6.07, 6.45) is 0.956. The molecule has 0 amide bonds. The number of carbonyl (C=O) groups is 1. The Morgan fingerprint density at radius 2 is 1.88 bits per heavy atom.